The quantitative estimate of drug-likeness (QED) is 0.246. The van der Waals surface area contributed by atoms with Gasteiger partial charge in [-0.25, -0.2) is 9.37 Å². The zero-order chi connectivity index (χ0) is 26.9. The number of hydrogen-bond donors (Lipinski definition) is 2. The molecule has 5 aromatic rings. The summed E-state index contributed by atoms with van der Waals surface area (Å²) in [5.74, 6) is -0.286. The fourth-order valence-corrected chi connectivity index (χ4v) is 4.96. The summed E-state index contributed by atoms with van der Waals surface area (Å²) in [5, 5.41) is 3.87. The summed E-state index contributed by atoms with van der Waals surface area (Å²) >= 11 is 0. The van der Waals surface area contributed by atoms with Crippen molar-refractivity contribution in [3.63, 3.8) is 0 Å². The highest BCUT2D eigenvalue weighted by Gasteiger charge is 2.26. The number of aliphatic imine (C=N–C) groups is 1. The summed E-state index contributed by atoms with van der Waals surface area (Å²) in [7, 11) is 0. The van der Waals surface area contributed by atoms with Crippen molar-refractivity contribution in [2.45, 2.75) is 39.2 Å². The molecular weight excluding hydrogens is 491 g/mol. The van der Waals surface area contributed by atoms with Gasteiger partial charge < -0.3 is 10.3 Å². The van der Waals surface area contributed by atoms with E-state index in [1.807, 2.05) is 31.3 Å². The number of carbonyl (C=O) groups is 1. The van der Waals surface area contributed by atoms with Gasteiger partial charge in [0.05, 0.1) is 35.0 Å². The molecule has 0 bridgehead atoms. The number of carbonyl (C=O) groups excluding carboxylic acids is 1. The highest BCUT2D eigenvalue weighted by atomic mass is 19.1. The molecule has 5 heterocycles. The highest BCUT2D eigenvalue weighted by Crippen LogP contribution is 2.35. The van der Waals surface area contributed by atoms with Crippen LogP contribution in [0.4, 0.5) is 10.1 Å². The SMILES string of the molecule is CCCCC(=O)Nc1cncc(-c2cnc3c(c2)C(c2cc4c(-c5ccc(F)cc5)ccnc4[nH]2)=N[C@H]3C)c1. The van der Waals surface area contributed by atoms with E-state index in [2.05, 4.69) is 33.3 Å². The molecule has 1 atom stereocenters. The van der Waals surface area contributed by atoms with Crippen LogP contribution >= 0.6 is 0 Å². The van der Waals surface area contributed by atoms with Gasteiger partial charge in [-0.3, -0.25) is 19.8 Å². The van der Waals surface area contributed by atoms with E-state index in [1.54, 1.807) is 30.7 Å². The minimum Gasteiger partial charge on any atom is -0.338 e. The van der Waals surface area contributed by atoms with E-state index in [4.69, 9.17) is 9.98 Å². The fraction of sp³-hybridized carbons (Fsp3) is 0.194. The molecule has 0 unspecified atom stereocenters. The summed E-state index contributed by atoms with van der Waals surface area (Å²) < 4.78 is 13.5. The number of amides is 1. The normalized spacial score (nSPS) is 14.3. The van der Waals surface area contributed by atoms with Gasteiger partial charge >= 0.3 is 0 Å². The van der Waals surface area contributed by atoms with Crippen LogP contribution in [0.2, 0.25) is 0 Å². The number of nitrogens with one attached hydrogen (secondary N) is 2. The van der Waals surface area contributed by atoms with Gasteiger partial charge in [-0.2, -0.15) is 0 Å². The smallest absolute Gasteiger partial charge is 0.224 e. The zero-order valence-electron chi connectivity index (χ0n) is 21.7. The second kappa shape index (κ2) is 10.2. The van der Waals surface area contributed by atoms with Gasteiger partial charge in [0.25, 0.3) is 0 Å². The Kier molecular flexibility index (Phi) is 6.44. The number of benzene rings is 1. The second-order valence-electron chi connectivity index (χ2n) is 9.74. The Labute approximate surface area is 225 Å². The van der Waals surface area contributed by atoms with Crippen molar-refractivity contribution in [2.24, 2.45) is 4.99 Å². The van der Waals surface area contributed by atoms with E-state index >= 15 is 0 Å². The summed E-state index contributed by atoms with van der Waals surface area (Å²) in [4.78, 5) is 34.2. The average molecular weight is 519 g/mol. The van der Waals surface area contributed by atoms with E-state index in [0.29, 0.717) is 12.1 Å². The first kappa shape index (κ1) is 24.6. The lowest BCUT2D eigenvalue weighted by atomic mass is 10.00. The number of aromatic amines is 1. The Bertz CT molecular complexity index is 1720. The molecule has 1 aliphatic rings. The van der Waals surface area contributed by atoms with Gasteiger partial charge in [0.1, 0.15) is 11.5 Å². The summed E-state index contributed by atoms with van der Waals surface area (Å²) in [6.45, 7) is 4.09. The Morgan fingerprint density at radius 1 is 0.974 bits per heavy atom. The van der Waals surface area contributed by atoms with Crippen LogP contribution in [0, 0.1) is 5.82 Å². The van der Waals surface area contributed by atoms with Crippen LogP contribution in [-0.2, 0) is 4.79 Å². The molecule has 0 spiro atoms. The Morgan fingerprint density at radius 3 is 2.62 bits per heavy atom. The number of hydrogen-bond acceptors (Lipinski definition) is 5. The third kappa shape index (κ3) is 4.81. The number of pyridine rings is 3. The topological polar surface area (TPSA) is 95.9 Å². The standard InChI is InChI=1S/C31H27FN6O/c1-3-4-5-28(39)37-23-12-20(15-33-17-23)21-13-26-29(35-16-21)18(2)36-30(26)27-14-25-24(10-11-34-31(25)38-27)19-6-8-22(32)9-7-19/h6-18H,3-5H2,1-2H3,(H,34,38)(H,37,39)/t18-/m0/s1. The van der Waals surface area contributed by atoms with Crippen molar-refractivity contribution in [3.05, 3.63) is 96.1 Å². The molecule has 1 amide bonds. The van der Waals surface area contributed by atoms with E-state index in [0.717, 1.165) is 68.8 Å². The van der Waals surface area contributed by atoms with Gasteiger partial charge in [-0.15, -0.1) is 0 Å². The zero-order valence-corrected chi connectivity index (χ0v) is 21.7. The third-order valence-electron chi connectivity index (χ3n) is 6.95. The average Bonchev–Trinajstić information content (AvgIpc) is 3.53. The van der Waals surface area contributed by atoms with Crippen LogP contribution in [-0.4, -0.2) is 31.6 Å². The second-order valence-corrected chi connectivity index (χ2v) is 9.74. The minimum atomic E-state index is -0.271. The molecule has 7 nitrogen and oxygen atoms in total. The molecule has 0 saturated carbocycles. The lowest BCUT2D eigenvalue weighted by Crippen LogP contribution is -2.11. The van der Waals surface area contributed by atoms with Crippen LogP contribution in [0.3, 0.4) is 0 Å². The Hall–Kier alpha value is -4.72. The van der Waals surface area contributed by atoms with Crippen LogP contribution < -0.4 is 5.32 Å². The summed E-state index contributed by atoms with van der Waals surface area (Å²) in [5.41, 5.74) is 8.49. The van der Waals surface area contributed by atoms with Gasteiger partial charge in [0.15, 0.2) is 0 Å². The van der Waals surface area contributed by atoms with Crippen molar-refractivity contribution in [3.8, 4) is 22.3 Å². The van der Waals surface area contributed by atoms with Crippen LogP contribution in [0.15, 0.2) is 78.3 Å². The lowest BCUT2D eigenvalue weighted by Gasteiger charge is -2.09. The predicted octanol–water partition coefficient (Wildman–Crippen LogP) is 6.87. The molecule has 0 radical (unpaired) electrons. The van der Waals surface area contributed by atoms with E-state index in [-0.39, 0.29) is 17.8 Å². The number of aromatic nitrogens is 4. The molecule has 2 N–H and O–H groups in total. The predicted molar refractivity (Wildman–Crippen MR) is 151 cm³/mol. The maximum atomic E-state index is 13.5. The molecule has 8 heteroatoms. The van der Waals surface area contributed by atoms with Crippen LogP contribution in [0.5, 0.6) is 0 Å². The molecule has 0 saturated heterocycles. The Balaban J connectivity index is 1.35. The molecule has 1 aliphatic heterocycles. The van der Waals surface area contributed by atoms with Gasteiger partial charge in [-0.05, 0) is 60.9 Å². The van der Waals surface area contributed by atoms with Crippen molar-refractivity contribution in [1.82, 2.24) is 19.9 Å². The molecule has 6 rings (SSSR count). The number of H-pyrrole nitrogens is 1. The maximum absolute atomic E-state index is 13.5. The van der Waals surface area contributed by atoms with Crippen molar-refractivity contribution in [1.29, 1.82) is 0 Å². The number of nitrogens with zero attached hydrogens (tertiary/aromatic N) is 4. The van der Waals surface area contributed by atoms with E-state index in [9.17, 15) is 9.18 Å². The van der Waals surface area contributed by atoms with Crippen molar-refractivity contribution < 1.29 is 9.18 Å². The number of unbranched alkanes of at least 4 members (excludes halogenated alkanes) is 1. The lowest BCUT2D eigenvalue weighted by molar-refractivity contribution is -0.116. The maximum Gasteiger partial charge on any atom is 0.224 e. The largest absolute Gasteiger partial charge is 0.338 e. The molecule has 194 valence electrons. The third-order valence-corrected chi connectivity index (χ3v) is 6.95. The summed E-state index contributed by atoms with van der Waals surface area (Å²) in [6, 6.07) is 14.3. The monoisotopic (exact) mass is 518 g/mol. The number of fused-ring (bicyclic) bond motifs is 2. The first-order valence-corrected chi connectivity index (χ1v) is 13.1. The first-order chi connectivity index (χ1) is 19.0. The van der Waals surface area contributed by atoms with Gasteiger partial charge in [-0.1, -0.05) is 25.5 Å². The molecule has 4 aromatic heterocycles. The van der Waals surface area contributed by atoms with Crippen molar-refractivity contribution in [2.75, 3.05) is 5.32 Å². The number of rotatable bonds is 7. The minimum absolute atomic E-state index is 0.0152. The van der Waals surface area contributed by atoms with E-state index in [1.165, 1.54) is 12.1 Å². The molecule has 1 aromatic carbocycles. The molecule has 39 heavy (non-hydrogen) atoms. The summed E-state index contributed by atoms with van der Waals surface area (Å²) in [6.07, 6.45) is 9.29. The van der Waals surface area contributed by atoms with Crippen LogP contribution in [0.1, 0.15) is 56.1 Å². The fourth-order valence-electron chi connectivity index (χ4n) is 4.96. The number of anilines is 1. The molecule has 0 aliphatic carbocycles. The number of halogens is 1. The first-order valence-electron chi connectivity index (χ1n) is 13.1. The van der Waals surface area contributed by atoms with Gasteiger partial charge in [0.2, 0.25) is 5.91 Å². The van der Waals surface area contributed by atoms with Crippen molar-refractivity contribution >= 4 is 28.3 Å². The molecular formula is C31H27FN6O. The van der Waals surface area contributed by atoms with Gasteiger partial charge in [0, 0.05) is 47.1 Å². The molecule has 0 fully saturated rings. The Morgan fingerprint density at radius 2 is 1.79 bits per heavy atom. The van der Waals surface area contributed by atoms with E-state index < -0.39 is 0 Å². The highest BCUT2D eigenvalue weighted by molar-refractivity contribution is 6.16. The van der Waals surface area contributed by atoms with Crippen LogP contribution in [0.25, 0.3) is 33.3 Å².